The van der Waals surface area contributed by atoms with E-state index in [1.807, 2.05) is 57.2 Å². The molecule has 0 fully saturated rings. The average molecular weight is 356 g/mol. The van der Waals surface area contributed by atoms with Crippen LogP contribution in [-0.2, 0) is 11.0 Å². The van der Waals surface area contributed by atoms with Crippen molar-refractivity contribution in [2.24, 2.45) is 0 Å². The quantitative estimate of drug-likeness (QED) is 0.808. The monoisotopic (exact) mass is 355 g/mol. The predicted octanol–water partition coefficient (Wildman–Crippen LogP) is 5.13. The Bertz CT molecular complexity index is 668. The molecule has 0 saturated heterocycles. The minimum absolute atomic E-state index is 0.258. The molecule has 2 nitrogen and oxygen atoms in total. The molecule has 0 aliphatic carbocycles. The van der Waals surface area contributed by atoms with Crippen molar-refractivity contribution in [2.75, 3.05) is 0 Å². The van der Waals surface area contributed by atoms with Gasteiger partial charge in [0.1, 0.15) is 0 Å². The highest BCUT2D eigenvalue weighted by Gasteiger charge is 2.25. The van der Waals surface area contributed by atoms with Gasteiger partial charge in [-0.05, 0) is 44.0 Å². The van der Waals surface area contributed by atoms with Gasteiger partial charge < -0.3 is 0 Å². The number of hydrogen-bond acceptors (Lipinski definition) is 1. The van der Waals surface area contributed by atoms with Gasteiger partial charge in [0.2, 0.25) is 0 Å². The van der Waals surface area contributed by atoms with Crippen LogP contribution in [0.5, 0.6) is 0 Å². The van der Waals surface area contributed by atoms with Crippen molar-refractivity contribution < 1.29 is 4.21 Å². The third-order valence-electron chi connectivity index (χ3n) is 3.19. The topological polar surface area (TPSA) is 29.1 Å². The molecule has 0 spiro atoms. The summed E-state index contributed by atoms with van der Waals surface area (Å²) in [4.78, 5) is 0. The van der Waals surface area contributed by atoms with Gasteiger partial charge in [0.15, 0.2) is 0 Å². The maximum absolute atomic E-state index is 12.5. The van der Waals surface area contributed by atoms with Gasteiger partial charge in [0, 0.05) is 10.0 Å². The van der Waals surface area contributed by atoms with Crippen molar-refractivity contribution in [3.63, 3.8) is 0 Å². The van der Waals surface area contributed by atoms with Gasteiger partial charge in [0.05, 0.1) is 21.8 Å². The largest absolute Gasteiger partial charge is 0.242 e. The molecule has 0 aliphatic rings. The van der Waals surface area contributed by atoms with E-state index in [2.05, 4.69) is 4.72 Å². The summed E-state index contributed by atoms with van der Waals surface area (Å²) in [5.41, 5.74) is 1.86. The van der Waals surface area contributed by atoms with Crippen molar-refractivity contribution in [2.45, 2.75) is 31.6 Å². The molecule has 0 saturated carbocycles. The second kappa shape index (κ2) is 7.14. The number of rotatable bonds is 4. The Kier molecular flexibility index (Phi) is 5.67. The van der Waals surface area contributed by atoms with E-state index >= 15 is 0 Å². The van der Waals surface area contributed by atoms with Crippen LogP contribution in [0.4, 0.5) is 0 Å². The molecule has 0 bridgehead atoms. The van der Waals surface area contributed by atoms with E-state index in [0.717, 1.165) is 11.1 Å². The zero-order chi connectivity index (χ0) is 16.3. The third-order valence-corrected chi connectivity index (χ3v) is 5.31. The first-order valence-electron chi connectivity index (χ1n) is 6.97. The van der Waals surface area contributed by atoms with Gasteiger partial charge in [0.25, 0.3) is 0 Å². The molecular weight excluding hydrogens is 337 g/mol. The summed E-state index contributed by atoms with van der Waals surface area (Å²) in [6.45, 7) is 5.80. The molecule has 5 heteroatoms. The minimum atomic E-state index is -1.22. The normalized spacial score (nSPS) is 14.6. The fourth-order valence-electron chi connectivity index (χ4n) is 1.98. The van der Waals surface area contributed by atoms with Gasteiger partial charge in [-0.15, -0.1) is 0 Å². The van der Waals surface area contributed by atoms with Crippen LogP contribution in [0.2, 0.25) is 10.0 Å². The molecule has 0 heterocycles. The highest BCUT2D eigenvalue weighted by molar-refractivity contribution is 7.84. The second-order valence-electron chi connectivity index (χ2n) is 6.01. The van der Waals surface area contributed by atoms with Crippen LogP contribution in [0.25, 0.3) is 0 Å². The van der Waals surface area contributed by atoms with E-state index in [-0.39, 0.29) is 10.8 Å². The van der Waals surface area contributed by atoms with Crippen LogP contribution in [0.3, 0.4) is 0 Å². The molecule has 0 amide bonds. The van der Waals surface area contributed by atoms with Crippen LogP contribution >= 0.6 is 23.2 Å². The lowest BCUT2D eigenvalue weighted by molar-refractivity contribution is 0.623. The van der Waals surface area contributed by atoms with Gasteiger partial charge >= 0.3 is 0 Å². The van der Waals surface area contributed by atoms with E-state index in [9.17, 15) is 4.21 Å². The molecule has 2 aromatic rings. The molecule has 0 radical (unpaired) electrons. The van der Waals surface area contributed by atoms with Crippen LogP contribution in [-0.4, -0.2) is 8.96 Å². The zero-order valence-electron chi connectivity index (χ0n) is 12.8. The Morgan fingerprint density at radius 2 is 1.68 bits per heavy atom. The lowest BCUT2D eigenvalue weighted by Crippen LogP contribution is -2.36. The summed E-state index contributed by atoms with van der Waals surface area (Å²) in [6.07, 6.45) is 0. The van der Waals surface area contributed by atoms with Crippen LogP contribution in [0, 0.1) is 0 Å². The summed E-state index contributed by atoms with van der Waals surface area (Å²) in [6, 6.07) is 14.9. The lowest BCUT2D eigenvalue weighted by Gasteiger charge is -2.25. The van der Waals surface area contributed by atoms with E-state index in [1.54, 1.807) is 12.1 Å². The van der Waals surface area contributed by atoms with Crippen molar-refractivity contribution in [1.29, 1.82) is 0 Å². The molecule has 0 aliphatic heterocycles. The van der Waals surface area contributed by atoms with Crippen molar-refractivity contribution in [1.82, 2.24) is 4.72 Å². The Morgan fingerprint density at radius 1 is 1.05 bits per heavy atom. The highest BCUT2D eigenvalue weighted by atomic mass is 35.5. The maximum atomic E-state index is 12.5. The van der Waals surface area contributed by atoms with E-state index in [1.165, 1.54) is 0 Å². The second-order valence-corrected chi connectivity index (χ2v) is 8.85. The minimum Gasteiger partial charge on any atom is -0.242 e. The lowest BCUT2D eigenvalue weighted by atomic mass is 10.00. The predicted molar refractivity (Wildman–Crippen MR) is 95.8 cm³/mol. The summed E-state index contributed by atoms with van der Waals surface area (Å²) in [5.74, 6) is 0. The summed E-state index contributed by atoms with van der Waals surface area (Å²) >= 11 is 12.3. The molecule has 2 aromatic carbocycles. The Morgan fingerprint density at radius 3 is 2.23 bits per heavy atom. The van der Waals surface area contributed by atoms with Crippen molar-refractivity contribution in [3.05, 3.63) is 69.7 Å². The molecule has 2 rings (SSSR count). The molecule has 1 N–H and O–H groups in total. The third kappa shape index (κ3) is 4.32. The first-order valence-corrected chi connectivity index (χ1v) is 8.87. The first kappa shape index (κ1) is 17.5. The van der Waals surface area contributed by atoms with Gasteiger partial charge in [-0.25, -0.2) is 8.93 Å². The van der Waals surface area contributed by atoms with Crippen molar-refractivity contribution >= 4 is 34.2 Å². The Hall–Kier alpha value is -0.870. The summed E-state index contributed by atoms with van der Waals surface area (Å²) in [7, 11) is -1.22. The van der Waals surface area contributed by atoms with Gasteiger partial charge in [-0.1, -0.05) is 59.6 Å². The standard InChI is InChI=1S/C17H19Cl2NOS/c1-17(2,3)22(21)20-16(12-7-5-4-6-8-12)14-10-9-13(18)11-15(14)19/h4-11,16,20H,1-3H3/t16-,22+/m1/s1. The smallest absolute Gasteiger partial charge is 0.0979 e. The molecule has 2 atom stereocenters. The Balaban J connectivity index is 2.44. The first-order chi connectivity index (χ1) is 10.3. The van der Waals surface area contributed by atoms with Crippen molar-refractivity contribution in [3.8, 4) is 0 Å². The van der Waals surface area contributed by atoms with E-state index < -0.39 is 11.0 Å². The number of hydrogen-bond donors (Lipinski definition) is 1. The van der Waals surface area contributed by atoms with Crippen LogP contribution in [0.15, 0.2) is 48.5 Å². The van der Waals surface area contributed by atoms with E-state index in [4.69, 9.17) is 23.2 Å². The Labute approximate surface area is 144 Å². The number of halogens is 2. The summed E-state index contributed by atoms with van der Waals surface area (Å²) < 4.78 is 15.4. The number of nitrogens with one attached hydrogen (secondary N) is 1. The summed E-state index contributed by atoms with van der Waals surface area (Å²) in [5, 5.41) is 1.14. The number of benzene rings is 2. The van der Waals surface area contributed by atoms with Crippen LogP contribution < -0.4 is 4.72 Å². The molecule has 0 unspecified atom stereocenters. The van der Waals surface area contributed by atoms with Gasteiger partial charge in [-0.2, -0.15) is 0 Å². The fraction of sp³-hybridized carbons (Fsp3) is 0.294. The van der Waals surface area contributed by atoms with E-state index in [0.29, 0.717) is 10.0 Å². The molecule has 22 heavy (non-hydrogen) atoms. The van der Waals surface area contributed by atoms with Gasteiger partial charge in [-0.3, -0.25) is 0 Å². The highest BCUT2D eigenvalue weighted by Crippen LogP contribution is 2.31. The molecular formula is C17H19Cl2NOS. The van der Waals surface area contributed by atoms with Crippen LogP contribution in [0.1, 0.15) is 37.9 Å². The average Bonchev–Trinajstić information content (AvgIpc) is 2.45. The zero-order valence-corrected chi connectivity index (χ0v) is 15.1. The maximum Gasteiger partial charge on any atom is 0.0979 e. The molecule has 0 aromatic heterocycles. The fourth-order valence-corrected chi connectivity index (χ4v) is 3.32. The SMILES string of the molecule is CC(C)(C)[S@](=O)N[C@H](c1ccccc1)c1ccc(Cl)cc1Cl. The molecule has 118 valence electrons.